The van der Waals surface area contributed by atoms with E-state index >= 15 is 0 Å². The number of aromatic nitrogens is 3. The third-order valence-electron chi connectivity index (χ3n) is 3.82. The van der Waals surface area contributed by atoms with Crippen LogP contribution >= 0.6 is 0 Å². The maximum atomic E-state index is 5.80. The van der Waals surface area contributed by atoms with E-state index in [1.165, 1.54) is 5.56 Å². The molecule has 2 N–H and O–H groups in total. The first-order chi connectivity index (χ1) is 11.3. The lowest BCUT2D eigenvalue weighted by Crippen LogP contribution is -1.98. The average Bonchev–Trinajstić information content (AvgIpc) is 3.21. The van der Waals surface area contributed by atoms with Gasteiger partial charge in [0.25, 0.3) is 6.01 Å². The Morgan fingerprint density at radius 1 is 1.13 bits per heavy atom. The van der Waals surface area contributed by atoms with E-state index < -0.39 is 0 Å². The summed E-state index contributed by atoms with van der Waals surface area (Å²) in [5, 5.41) is 11.5. The summed E-state index contributed by atoms with van der Waals surface area (Å²) >= 11 is 0. The van der Waals surface area contributed by atoms with Gasteiger partial charge in [0.2, 0.25) is 0 Å². The highest BCUT2D eigenvalue weighted by Crippen LogP contribution is 2.27. The fourth-order valence-corrected chi connectivity index (χ4v) is 2.55. The van der Waals surface area contributed by atoms with Gasteiger partial charge in [-0.25, -0.2) is 4.98 Å². The number of aromatic amines is 1. The van der Waals surface area contributed by atoms with Crippen LogP contribution in [0, 0.1) is 6.92 Å². The second kappa shape index (κ2) is 5.61. The Kier molecular flexibility index (Phi) is 3.31. The van der Waals surface area contributed by atoms with Gasteiger partial charge in [0.15, 0.2) is 5.76 Å². The zero-order valence-electron chi connectivity index (χ0n) is 12.7. The average molecular weight is 304 g/mol. The minimum atomic E-state index is 0.521. The number of hydrogen-bond donors (Lipinski definition) is 2. The highest BCUT2D eigenvalue weighted by Gasteiger charge is 2.09. The summed E-state index contributed by atoms with van der Waals surface area (Å²) in [7, 11) is 0. The van der Waals surface area contributed by atoms with Gasteiger partial charge in [0.05, 0.1) is 11.7 Å². The van der Waals surface area contributed by atoms with E-state index in [0.29, 0.717) is 12.6 Å². The van der Waals surface area contributed by atoms with Crippen molar-refractivity contribution in [3.63, 3.8) is 0 Å². The van der Waals surface area contributed by atoms with Crippen LogP contribution < -0.4 is 5.32 Å². The summed E-state index contributed by atoms with van der Waals surface area (Å²) in [5.74, 6) is 0.739. The highest BCUT2D eigenvalue weighted by atomic mass is 16.4. The minimum Gasteiger partial charge on any atom is -0.424 e. The summed E-state index contributed by atoms with van der Waals surface area (Å²) in [4.78, 5) is 4.30. The molecule has 5 heteroatoms. The summed E-state index contributed by atoms with van der Waals surface area (Å²) in [6, 6.07) is 16.7. The molecule has 2 aromatic carbocycles. The number of aryl methyl sites for hydroxylation is 1. The molecule has 23 heavy (non-hydrogen) atoms. The van der Waals surface area contributed by atoms with Gasteiger partial charge in [-0.2, -0.15) is 5.10 Å². The molecule has 0 amide bonds. The molecule has 0 radical (unpaired) electrons. The Morgan fingerprint density at radius 3 is 2.87 bits per heavy atom. The maximum Gasteiger partial charge on any atom is 0.295 e. The molecule has 5 nitrogen and oxygen atoms in total. The lowest BCUT2D eigenvalue weighted by molar-refractivity contribution is 0.585. The van der Waals surface area contributed by atoms with Crippen LogP contribution in [-0.4, -0.2) is 15.2 Å². The Labute approximate surface area is 133 Å². The van der Waals surface area contributed by atoms with E-state index in [1.54, 1.807) is 6.20 Å². The van der Waals surface area contributed by atoms with Crippen LogP contribution in [0.4, 0.5) is 6.01 Å². The SMILES string of the molecule is Cc1[nH]nc2ccc(-c3cnc(NCc4ccccc4)o3)cc12. The summed E-state index contributed by atoms with van der Waals surface area (Å²) < 4.78 is 5.80. The third-order valence-corrected chi connectivity index (χ3v) is 3.82. The van der Waals surface area contributed by atoms with Gasteiger partial charge in [-0.3, -0.25) is 5.10 Å². The molecule has 0 bridgehead atoms. The summed E-state index contributed by atoms with van der Waals surface area (Å²) in [6.45, 7) is 2.69. The molecule has 4 aromatic rings. The van der Waals surface area contributed by atoms with Crippen LogP contribution in [0.15, 0.2) is 59.1 Å². The standard InChI is InChI=1S/C18H16N4O/c1-12-15-9-14(7-8-16(15)22-21-12)17-11-20-18(23-17)19-10-13-5-3-2-4-6-13/h2-9,11H,10H2,1H3,(H,19,20)(H,21,22). The second-order valence-corrected chi connectivity index (χ2v) is 5.45. The molecular weight excluding hydrogens is 288 g/mol. The van der Waals surface area contributed by atoms with Crippen molar-refractivity contribution in [1.82, 2.24) is 15.2 Å². The van der Waals surface area contributed by atoms with E-state index in [9.17, 15) is 0 Å². The molecule has 0 saturated heterocycles. The topological polar surface area (TPSA) is 66.7 Å². The number of fused-ring (bicyclic) bond motifs is 1. The first-order valence-corrected chi connectivity index (χ1v) is 7.48. The van der Waals surface area contributed by atoms with Crippen LogP contribution in [0.3, 0.4) is 0 Å². The third kappa shape index (κ3) is 2.68. The van der Waals surface area contributed by atoms with Gasteiger partial charge in [0, 0.05) is 23.2 Å². The Bertz CT molecular complexity index is 940. The molecule has 0 unspecified atom stereocenters. The summed E-state index contributed by atoms with van der Waals surface area (Å²) in [6.07, 6.45) is 1.74. The van der Waals surface area contributed by atoms with E-state index in [4.69, 9.17) is 4.42 Å². The zero-order valence-corrected chi connectivity index (χ0v) is 12.7. The van der Waals surface area contributed by atoms with Crippen LogP contribution in [0.1, 0.15) is 11.3 Å². The fourth-order valence-electron chi connectivity index (χ4n) is 2.55. The van der Waals surface area contributed by atoms with E-state index in [0.717, 1.165) is 27.9 Å². The van der Waals surface area contributed by atoms with Crippen LogP contribution in [0.5, 0.6) is 0 Å². The molecule has 0 fully saturated rings. The highest BCUT2D eigenvalue weighted by molar-refractivity contribution is 5.85. The van der Waals surface area contributed by atoms with Crippen molar-refractivity contribution in [1.29, 1.82) is 0 Å². The van der Waals surface area contributed by atoms with Crippen LogP contribution in [0.25, 0.3) is 22.2 Å². The van der Waals surface area contributed by atoms with E-state index in [1.807, 2.05) is 37.3 Å². The normalized spacial score (nSPS) is 11.0. The van der Waals surface area contributed by atoms with Crippen LogP contribution in [0.2, 0.25) is 0 Å². The number of nitrogens with one attached hydrogen (secondary N) is 2. The number of rotatable bonds is 4. The number of benzene rings is 2. The number of hydrogen-bond acceptors (Lipinski definition) is 4. The first-order valence-electron chi connectivity index (χ1n) is 7.48. The van der Waals surface area contributed by atoms with Gasteiger partial charge >= 0.3 is 0 Å². The Hall–Kier alpha value is -3.08. The molecule has 2 aromatic heterocycles. The van der Waals surface area contributed by atoms with Gasteiger partial charge in [-0.1, -0.05) is 30.3 Å². The predicted molar refractivity (Wildman–Crippen MR) is 90.1 cm³/mol. The van der Waals surface area contributed by atoms with Crippen molar-refractivity contribution >= 4 is 16.9 Å². The first kappa shape index (κ1) is 13.6. The molecule has 4 rings (SSSR count). The van der Waals surface area contributed by atoms with Crippen molar-refractivity contribution in [3.8, 4) is 11.3 Å². The summed E-state index contributed by atoms with van der Waals surface area (Å²) in [5.41, 5.74) is 4.17. The van der Waals surface area contributed by atoms with Gasteiger partial charge in [-0.15, -0.1) is 0 Å². The minimum absolute atomic E-state index is 0.521. The monoisotopic (exact) mass is 304 g/mol. The number of anilines is 1. The largest absolute Gasteiger partial charge is 0.424 e. The van der Waals surface area contributed by atoms with E-state index in [2.05, 4.69) is 38.7 Å². The van der Waals surface area contributed by atoms with Crippen LogP contribution in [-0.2, 0) is 6.54 Å². The van der Waals surface area contributed by atoms with Crippen molar-refractivity contribution < 1.29 is 4.42 Å². The molecule has 0 aliphatic rings. The van der Waals surface area contributed by atoms with Gasteiger partial charge in [-0.05, 0) is 30.7 Å². The van der Waals surface area contributed by atoms with Crippen molar-refractivity contribution in [3.05, 3.63) is 66.0 Å². The lowest BCUT2D eigenvalue weighted by atomic mass is 10.1. The van der Waals surface area contributed by atoms with Gasteiger partial charge in [0.1, 0.15) is 0 Å². The quantitative estimate of drug-likeness (QED) is 0.594. The molecule has 0 aliphatic carbocycles. The van der Waals surface area contributed by atoms with Crippen molar-refractivity contribution in [2.75, 3.05) is 5.32 Å². The molecule has 0 saturated carbocycles. The zero-order chi connectivity index (χ0) is 15.6. The molecule has 114 valence electrons. The molecule has 2 heterocycles. The van der Waals surface area contributed by atoms with Crippen molar-refractivity contribution in [2.45, 2.75) is 13.5 Å². The second-order valence-electron chi connectivity index (χ2n) is 5.45. The number of H-pyrrole nitrogens is 1. The fraction of sp³-hybridized carbons (Fsp3) is 0.111. The molecule has 0 atom stereocenters. The van der Waals surface area contributed by atoms with E-state index in [-0.39, 0.29) is 0 Å². The predicted octanol–water partition coefficient (Wildman–Crippen LogP) is 4.14. The maximum absolute atomic E-state index is 5.80. The number of nitrogens with zero attached hydrogens (tertiary/aromatic N) is 2. The molecule has 0 spiro atoms. The Morgan fingerprint density at radius 2 is 2.00 bits per heavy atom. The Balaban J connectivity index is 1.55. The smallest absolute Gasteiger partial charge is 0.295 e. The van der Waals surface area contributed by atoms with Crippen molar-refractivity contribution in [2.24, 2.45) is 0 Å². The number of oxazole rings is 1. The van der Waals surface area contributed by atoms with Gasteiger partial charge < -0.3 is 9.73 Å². The molecular formula is C18H16N4O. The lowest BCUT2D eigenvalue weighted by Gasteiger charge is -2.01. The molecule has 0 aliphatic heterocycles.